The Morgan fingerprint density at radius 3 is 2.64 bits per heavy atom. The summed E-state index contributed by atoms with van der Waals surface area (Å²) in [5.74, 6) is 1.49. The quantitative estimate of drug-likeness (QED) is 0.822. The van der Waals surface area contributed by atoms with Crippen molar-refractivity contribution in [1.29, 1.82) is 0 Å². The van der Waals surface area contributed by atoms with Gasteiger partial charge in [-0.05, 0) is 38.2 Å². The van der Waals surface area contributed by atoms with Crippen LogP contribution in [0.15, 0.2) is 29.2 Å². The molecule has 1 atom stereocenters. The van der Waals surface area contributed by atoms with Crippen LogP contribution >= 0.6 is 0 Å². The van der Waals surface area contributed by atoms with Crippen LogP contribution in [-0.2, 0) is 32.5 Å². The molecule has 1 saturated heterocycles. The summed E-state index contributed by atoms with van der Waals surface area (Å²) in [6.07, 6.45) is 0.739. The standard InChI is InChI=1S/C19H24N4O4S/c1-13-11-27-10-8-23(13)19-16-12-26-9-7-17(16)21-18(22-19)14-3-5-15(6-4-14)28(24,25)20-2/h3-6,13,20H,7-12H2,1-2H3/t13-/m0/s1. The number of sulfonamides is 1. The molecule has 8 nitrogen and oxygen atoms in total. The van der Waals surface area contributed by atoms with E-state index in [0.717, 1.165) is 35.6 Å². The molecule has 2 aliphatic rings. The fourth-order valence-electron chi connectivity index (χ4n) is 3.52. The first-order valence-corrected chi connectivity index (χ1v) is 10.8. The first kappa shape index (κ1) is 19.3. The van der Waals surface area contributed by atoms with Gasteiger partial charge in [0.2, 0.25) is 10.0 Å². The Hall–Kier alpha value is -2.07. The van der Waals surface area contributed by atoms with Crippen LogP contribution in [0.5, 0.6) is 0 Å². The fourth-order valence-corrected chi connectivity index (χ4v) is 4.25. The highest BCUT2D eigenvalue weighted by Crippen LogP contribution is 2.30. The van der Waals surface area contributed by atoms with Crippen LogP contribution in [0.4, 0.5) is 5.82 Å². The topological polar surface area (TPSA) is 93.7 Å². The third kappa shape index (κ3) is 3.62. The molecular formula is C19H24N4O4S. The third-order valence-corrected chi connectivity index (χ3v) is 6.56. The molecule has 4 rings (SSSR count). The summed E-state index contributed by atoms with van der Waals surface area (Å²) in [7, 11) is -2.08. The number of aromatic nitrogens is 2. The second-order valence-electron chi connectivity index (χ2n) is 6.95. The summed E-state index contributed by atoms with van der Waals surface area (Å²) in [5.41, 5.74) is 2.82. The molecule has 0 bridgehead atoms. The molecule has 1 aromatic carbocycles. The van der Waals surface area contributed by atoms with Gasteiger partial charge in [-0.3, -0.25) is 0 Å². The lowest BCUT2D eigenvalue weighted by atomic mass is 10.1. The highest BCUT2D eigenvalue weighted by Gasteiger charge is 2.27. The van der Waals surface area contributed by atoms with Crippen molar-refractivity contribution in [2.45, 2.75) is 30.9 Å². The molecule has 3 heterocycles. The largest absolute Gasteiger partial charge is 0.377 e. The SMILES string of the molecule is CNS(=O)(=O)c1ccc(-c2nc3c(c(N4CCOC[C@@H]4C)n2)COCC3)cc1. The first-order valence-electron chi connectivity index (χ1n) is 9.35. The molecule has 2 aromatic rings. The number of benzene rings is 1. The number of nitrogens with zero attached hydrogens (tertiary/aromatic N) is 3. The Labute approximate surface area is 164 Å². The molecule has 0 saturated carbocycles. The van der Waals surface area contributed by atoms with Crippen LogP contribution in [0, 0.1) is 0 Å². The fraction of sp³-hybridized carbons (Fsp3) is 0.474. The zero-order valence-corrected chi connectivity index (χ0v) is 16.8. The predicted octanol–water partition coefficient (Wildman–Crippen LogP) is 1.35. The number of rotatable bonds is 4. The number of nitrogens with one attached hydrogen (secondary N) is 1. The van der Waals surface area contributed by atoms with Crippen molar-refractivity contribution in [3.63, 3.8) is 0 Å². The van der Waals surface area contributed by atoms with Crippen LogP contribution in [-0.4, -0.2) is 57.8 Å². The molecule has 28 heavy (non-hydrogen) atoms. The molecule has 1 fully saturated rings. The number of ether oxygens (including phenoxy) is 2. The van der Waals surface area contributed by atoms with Crippen molar-refractivity contribution in [3.05, 3.63) is 35.5 Å². The van der Waals surface area contributed by atoms with Crippen molar-refractivity contribution in [2.75, 3.05) is 38.3 Å². The molecule has 0 spiro atoms. The highest BCUT2D eigenvalue weighted by molar-refractivity contribution is 7.89. The van der Waals surface area contributed by atoms with E-state index in [1.165, 1.54) is 7.05 Å². The normalized spacial score (nSPS) is 20.1. The van der Waals surface area contributed by atoms with Gasteiger partial charge in [-0.2, -0.15) is 0 Å². The van der Waals surface area contributed by atoms with E-state index in [1.54, 1.807) is 24.3 Å². The van der Waals surface area contributed by atoms with Gasteiger partial charge in [-0.15, -0.1) is 0 Å². The van der Waals surface area contributed by atoms with Crippen LogP contribution in [0.3, 0.4) is 0 Å². The lowest BCUT2D eigenvalue weighted by Gasteiger charge is -2.36. The molecule has 1 aromatic heterocycles. The van der Waals surface area contributed by atoms with E-state index in [0.29, 0.717) is 32.3 Å². The Balaban J connectivity index is 1.76. The molecule has 150 valence electrons. The van der Waals surface area contributed by atoms with E-state index in [-0.39, 0.29) is 10.9 Å². The van der Waals surface area contributed by atoms with Crippen LogP contribution in [0.2, 0.25) is 0 Å². The lowest BCUT2D eigenvalue weighted by molar-refractivity contribution is 0.0952. The minimum Gasteiger partial charge on any atom is -0.377 e. The van der Waals surface area contributed by atoms with E-state index >= 15 is 0 Å². The molecule has 1 N–H and O–H groups in total. The number of hydrogen-bond acceptors (Lipinski definition) is 7. The molecule has 0 unspecified atom stereocenters. The maximum Gasteiger partial charge on any atom is 0.240 e. The first-order chi connectivity index (χ1) is 13.5. The molecule has 2 aliphatic heterocycles. The van der Waals surface area contributed by atoms with Gasteiger partial charge >= 0.3 is 0 Å². The average molecular weight is 404 g/mol. The maximum absolute atomic E-state index is 12.0. The second kappa shape index (κ2) is 7.75. The van der Waals surface area contributed by atoms with Crippen molar-refractivity contribution < 1.29 is 17.9 Å². The van der Waals surface area contributed by atoms with Gasteiger partial charge in [-0.1, -0.05) is 0 Å². The molecule has 0 aliphatic carbocycles. The Morgan fingerprint density at radius 1 is 1.14 bits per heavy atom. The third-order valence-electron chi connectivity index (χ3n) is 5.13. The van der Waals surface area contributed by atoms with Gasteiger partial charge in [0.05, 0.1) is 43.1 Å². The summed E-state index contributed by atoms with van der Waals surface area (Å²) in [5, 5.41) is 0. The summed E-state index contributed by atoms with van der Waals surface area (Å²) in [4.78, 5) is 12.1. The summed E-state index contributed by atoms with van der Waals surface area (Å²) < 4.78 is 37.5. The average Bonchev–Trinajstić information content (AvgIpc) is 2.73. The molecule has 0 amide bonds. The smallest absolute Gasteiger partial charge is 0.240 e. The van der Waals surface area contributed by atoms with E-state index < -0.39 is 10.0 Å². The van der Waals surface area contributed by atoms with E-state index in [2.05, 4.69) is 16.5 Å². The maximum atomic E-state index is 12.0. The minimum atomic E-state index is -3.47. The van der Waals surface area contributed by atoms with Gasteiger partial charge in [0.1, 0.15) is 5.82 Å². The van der Waals surface area contributed by atoms with E-state index in [4.69, 9.17) is 19.4 Å². The zero-order chi connectivity index (χ0) is 19.7. The van der Waals surface area contributed by atoms with Crippen molar-refractivity contribution in [1.82, 2.24) is 14.7 Å². The van der Waals surface area contributed by atoms with Crippen LogP contribution in [0.25, 0.3) is 11.4 Å². The monoisotopic (exact) mass is 404 g/mol. The Kier molecular flexibility index (Phi) is 5.33. The van der Waals surface area contributed by atoms with Gasteiger partial charge in [-0.25, -0.2) is 23.1 Å². The minimum absolute atomic E-state index is 0.214. The van der Waals surface area contributed by atoms with Crippen molar-refractivity contribution >= 4 is 15.8 Å². The summed E-state index contributed by atoms with van der Waals surface area (Å²) in [6, 6.07) is 6.86. The van der Waals surface area contributed by atoms with Crippen molar-refractivity contribution in [2.24, 2.45) is 0 Å². The van der Waals surface area contributed by atoms with Gasteiger partial charge in [0, 0.05) is 24.1 Å². The van der Waals surface area contributed by atoms with E-state index in [1.807, 2.05) is 0 Å². The van der Waals surface area contributed by atoms with Crippen molar-refractivity contribution in [3.8, 4) is 11.4 Å². The Bertz CT molecular complexity index is 963. The van der Waals surface area contributed by atoms with Gasteiger partial charge in [0.15, 0.2) is 5.82 Å². The lowest BCUT2D eigenvalue weighted by Crippen LogP contribution is -2.45. The summed E-state index contributed by atoms with van der Waals surface area (Å²) >= 11 is 0. The molecular weight excluding hydrogens is 380 g/mol. The summed E-state index contributed by atoms with van der Waals surface area (Å²) in [6.45, 7) is 5.36. The van der Waals surface area contributed by atoms with Gasteiger partial charge in [0.25, 0.3) is 0 Å². The second-order valence-corrected chi connectivity index (χ2v) is 8.83. The van der Waals surface area contributed by atoms with Crippen LogP contribution in [0.1, 0.15) is 18.2 Å². The van der Waals surface area contributed by atoms with E-state index in [9.17, 15) is 8.42 Å². The highest BCUT2D eigenvalue weighted by atomic mass is 32.2. The number of morpholine rings is 1. The number of hydrogen-bond donors (Lipinski definition) is 1. The molecule has 0 radical (unpaired) electrons. The predicted molar refractivity (Wildman–Crippen MR) is 105 cm³/mol. The molecule has 9 heteroatoms. The van der Waals surface area contributed by atoms with Crippen LogP contribution < -0.4 is 9.62 Å². The Morgan fingerprint density at radius 2 is 1.93 bits per heavy atom. The van der Waals surface area contributed by atoms with Gasteiger partial charge < -0.3 is 14.4 Å². The number of anilines is 1. The number of fused-ring (bicyclic) bond motifs is 1. The zero-order valence-electron chi connectivity index (χ0n) is 16.0.